The Morgan fingerprint density at radius 3 is 2.14 bits per heavy atom. The second-order valence-electron chi connectivity index (χ2n) is 6.34. The van der Waals surface area contributed by atoms with E-state index in [1.807, 2.05) is 6.92 Å². The van der Waals surface area contributed by atoms with E-state index >= 15 is 0 Å². The molecule has 0 heterocycles. The summed E-state index contributed by atoms with van der Waals surface area (Å²) in [6.45, 7) is 1.66. The summed E-state index contributed by atoms with van der Waals surface area (Å²) in [4.78, 5) is 0.0326. The topological polar surface area (TPSA) is 43.4 Å². The van der Waals surface area contributed by atoms with Gasteiger partial charge in [-0.25, -0.2) is 0 Å². The molecule has 3 aliphatic carbocycles. The fourth-order valence-corrected chi connectivity index (χ4v) is 4.44. The second-order valence-corrected chi connectivity index (χ2v) is 7.95. The molecule has 2 bridgehead atoms. The van der Waals surface area contributed by atoms with Gasteiger partial charge >= 0.3 is 6.18 Å². The summed E-state index contributed by atoms with van der Waals surface area (Å²) in [6.07, 6.45) is -4.25. The first-order valence-corrected chi connectivity index (χ1v) is 8.01. The smallest absolute Gasteiger partial charge is 0.266 e. The molecule has 0 N–H and O–H groups in total. The van der Waals surface area contributed by atoms with Crippen LogP contribution in [0, 0.1) is 17.8 Å². The molecular weight excluding hydrogens is 305 g/mol. The van der Waals surface area contributed by atoms with Crippen molar-refractivity contribution in [1.29, 1.82) is 0 Å². The molecule has 21 heavy (non-hydrogen) atoms. The highest BCUT2D eigenvalue weighted by Crippen LogP contribution is 2.78. The van der Waals surface area contributed by atoms with Crippen LogP contribution in [-0.2, 0) is 14.3 Å². The first kappa shape index (κ1) is 14.8. The average molecular weight is 320 g/mol. The van der Waals surface area contributed by atoms with E-state index in [2.05, 4.69) is 0 Å². The second kappa shape index (κ2) is 4.23. The third-order valence-corrected chi connectivity index (χ3v) is 5.85. The van der Waals surface area contributed by atoms with Crippen LogP contribution < -0.4 is 0 Å². The highest BCUT2D eigenvalue weighted by Gasteiger charge is 2.78. The maximum Gasteiger partial charge on any atom is 0.394 e. The minimum atomic E-state index is -4.19. The van der Waals surface area contributed by atoms with Gasteiger partial charge in [0.25, 0.3) is 10.1 Å². The lowest BCUT2D eigenvalue weighted by Gasteiger charge is -2.70. The molecule has 4 rings (SSSR count). The molecule has 0 radical (unpaired) electrons. The normalized spacial score (nSPS) is 31.4. The zero-order valence-electron chi connectivity index (χ0n) is 11.4. The Morgan fingerprint density at radius 2 is 1.67 bits per heavy atom. The quantitative estimate of drug-likeness (QED) is 0.798. The van der Waals surface area contributed by atoms with Crippen LogP contribution in [0.1, 0.15) is 24.8 Å². The van der Waals surface area contributed by atoms with E-state index in [4.69, 9.17) is 4.18 Å². The van der Waals surface area contributed by atoms with Crippen LogP contribution in [-0.4, -0.2) is 21.2 Å². The van der Waals surface area contributed by atoms with E-state index < -0.39 is 27.1 Å². The van der Waals surface area contributed by atoms with E-state index in [0.29, 0.717) is 0 Å². The van der Waals surface area contributed by atoms with Crippen molar-refractivity contribution < 1.29 is 25.8 Å². The molecule has 1 aromatic rings. The number of benzene rings is 1. The number of aryl methyl sites for hydroxylation is 1. The summed E-state index contributed by atoms with van der Waals surface area (Å²) in [6, 6.07) is 6.17. The lowest BCUT2D eigenvalue weighted by Crippen LogP contribution is -2.69. The Hall–Kier alpha value is -1.08. The number of rotatable bonds is 4. The van der Waals surface area contributed by atoms with Crippen LogP contribution in [0.25, 0.3) is 0 Å². The van der Waals surface area contributed by atoms with Gasteiger partial charge in [-0.15, -0.1) is 0 Å². The molecule has 1 aromatic carbocycles. The molecule has 0 amide bonds. The molecule has 7 heteroatoms. The van der Waals surface area contributed by atoms with Crippen LogP contribution in [0.15, 0.2) is 29.2 Å². The van der Waals surface area contributed by atoms with Crippen LogP contribution in [0.3, 0.4) is 0 Å². The van der Waals surface area contributed by atoms with E-state index in [0.717, 1.165) is 5.56 Å². The standard InChI is InChI=1S/C14H15F3O3S/c1-10-2-4-11(5-3-10)21(18,19)20-9-12-6-13(7-12,8-12)14(15,16)17/h2-5H,6-9H2,1H3. The molecule has 3 fully saturated rings. The van der Waals surface area contributed by atoms with Crippen molar-refractivity contribution in [2.75, 3.05) is 6.61 Å². The van der Waals surface area contributed by atoms with Crippen LogP contribution in [0.4, 0.5) is 13.2 Å². The van der Waals surface area contributed by atoms with Crippen LogP contribution in [0.5, 0.6) is 0 Å². The Morgan fingerprint density at radius 1 is 1.14 bits per heavy atom. The molecule has 116 valence electrons. The van der Waals surface area contributed by atoms with Crippen molar-refractivity contribution in [3.05, 3.63) is 29.8 Å². The Kier molecular flexibility index (Phi) is 2.99. The zero-order valence-corrected chi connectivity index (χ0v) is 12.2. The third-order valence-electron chi connectivity index (χ3n) is 4.57. The number of halogens is 3. The Balaban J connectivity index is 1.61. The van der Waals surface area contributed by atoms with Crippen molar-refractivity contribution >= 4 is 10.1 Å². The van der Waals surface area contributed by atoms with Gasteiger partial charge in [-0.1, -0.05) is 17.7 Å². The molecule has 3 saturated carbocycles. The van der Waals surface area contributed by atoms with Crippen molar-refractivity contribution in [3.8, 4) is 0 Å². The number of hydrogen-bond acceptors (Lipinski definition) is 3. The predicted octanol–water partition coefficient (Wildman–Crippen LogP) is 3.43. The van der Waals surface area contributed by atoms with Gasteiger partial charge in [0.1, 0.15) is 0 Å². The van der Waals surface area contributed by atoms with E-state index in [1.165, 1.54) is 12.1 Å². The van der Waals surface area contributed by atoms with Crippen molar-refractivity contribution in [1.82, 2.24) is 0 Å². The number of alkyl halides is 3. The minimum Gasteiger partial charge on any atom is -0.266 e. The SMILES string of the molecule is Cc1ccc(S(=O)(=O)OCC23CC(C(F)(F)F)(C2)C3)cc1. The molecule has 0 aromatic heterocycles. The maximum atomic E-state index is 12.7. The first-order chi connectivity index (χ1) is 9.58. The molecule has 0 atom stereocenters. The van der Waals surface area contributed by atoms with Gasteiger partial charge in [0.15, 0.2) is 0 Å². The van der Waals surface area contributed by atoms with Crippen molar-refractivity contribution in [2.24, 2.45) is 10.8 Å². The summed E-state index contributed by atoms with van der Waals surface area (Å²) < 4.78 is 67.1. The summed E-state index contributed by atoms with van der Waals surface area (Å²) in [5, 5.41) is 0. The lowest BCUT2D eigenvalue weighted by molar-refractivity contribution is -0.367. The summed E-state index contributed by atoms with van der Waals surface area (Å²) in [5.74, 6) is 0. The van der Waals surface area contributed by atoms with Gasteiger partial charge < -0.3 is 0 Å². The monoisotopic (exact) mass is 320 g/mol. The largest absolute Gasteiger partial charge is 0.394 e. The van der Waals surface area contributed by atoms with Gasteiger partial charge in [0, 0.05) is 0 Å². The van der Waals surface area contributed by atoms with Gasteiger partial charge in [-0.2, -0.15) is 21.6 Å². The van der Waals surface area contributed by atoms with Crippen molar-refractivity contribution in [2.45, 2.75) is 37.3 Å². The Labute approximate surface area is 121 Å². The molecule has 0 spiro atoms. The van der Waals surface area contributed by atoms with Crippen molar-refractivity contribution in [3.63, 3.8) is 0 Å². The van der Waals surface area contributed by atoms with E-state index in [9.17, 15) is 21.6 Å². The molecule has 0 aliphatic heterocycles. The molecule has 0 unspecified atom stereocenters. The first-order valence-electron chi connectivity index (χ1n) is 6.61. The third kappa shape index (κ3) is 2.26. The lowest BCUT2D eigenvalue weighted by atomic mass is 9.35. The predicted molar refractivity (Wildman–Crippen MR) is 69.1 cm³/mol. The van der Waals surface area contributed by atoms with Gasteiger partial charge in [0.05, 0.1) is 16.9 Å². The summed E-state index contributed by atoms with van der Waals surface area (Å²) in [5.41, 5.74) is -1.27. The van der Waals surface area contributed by atoms with E-state index in [1.54, 1.807) is 12.1 Å². The van der Waals surface area contributed by atoms with Crippen LogP contribution >= 0.6 is 0 Å². The van der Waals surface area contributed by atoms with Gasteiger partial charge in [-0.05, 0) is 43.7 Å². The summed E-state index contributed by atoms with van der Waals surface area (Å²) >= 11 is 0. The fraction of sp³-hybridized carbons (Fsp3) is 0.571. The zero-order chi connectivity index (χ0) is 15.5. The number of hydrogen-bond donors (Lipinski definition) is 0. The minimum absolute atomic E-state index is 0.0209. The maximum absolute atomic E-state index is 12.7. The van der Waals surface area contributed by atoms with Crippen LogP contribution in [0.2, 0.25) is 0 Å². The molecule has 3 aliphatic rings. The molecule has 3 nitrogen and oxygen atoms in total. The summed E-state index contributed by atoms with van der Waals surface area (Å²) in [7, 11) is -3.90. The fourth-order valence-electron chi connectivity index (χ4n) is 3.43. The van der Waals surface area contributed by atoms with Gasteiger partial charge in [-0.3, -0.25) is 4.18 Å². The molecular formula is C14H15F3O3S. The highest BCUT2D eigenvalue weighted by atomic mass is 32.2. The van der Waals surface area contributed by atoms with E-state index in [-0.39, 0.29) is 30.8 Å². The van der Waals surface area contributed by atoms with Gasteiger partial charge in [0.2, 0.25) is 0 Å². The molecule has 0 saturated heterocycles. The Bertz CT molecular complexity index is 642. The highest BCUT2D eigenvalue weighted by molar-refractivity contribution is 7.86. The average Bonchev–Trinajstić information content (AvgIpc) is 2.23.